The van der Waals surface area contributed by atoms with Crippen molar-refractivity contribution >= 4 is 5.97 Å². The average molecular weight is 168 g/mol. The van der Waals surface area contributed by atoms with Crippen molar-refractivity contribution in [3.8, 4) is 0 Å². The molecule has 0 spiro atoms. The second-order valence-corrected chi connectivity index (χ2v) is 4.21. The van der Waals surface area contributed by atoms with Gasteiger partial charge in [-0.25, -0.2) is 0 Å². The van der Waals surface area contributed by atoms with Crippen molar-refractivity contribution in [3.63, 3.8) is 0 Å². The molecule has 2 nitrogen and oxygen atoms in total. The standard InChI is InChI=1S/C10H16O2/c1-7-4-5-8(6-7)10(2,3)9(11)12/h4,8H,5-6H2,1-3H3,(H,11,12). The molecule has 1 aliphatic rings. The fourth-order valence-corrected chi connectivity index (χ4v) is 1.62. The summed E-state index contributed by atoms with van der Waals surface area (Å²) in [5.41, 5.74) is 0.753. The Morgan fingerprint density at radius 1 is 1.67 bits per heavy atom. The molecule has 0 aromatic heterocycles. The summed E-state index contributed by atoms with van der Waals surface area (Å²) in [5, 5.41) is 8.96. The van der Waals surface area contributed by atoms with E-state index in [0.29, 0.717) is 0 Å². The van der Waals surface area contributed by atoms with E-state index in [1.54, 1.807) is 0 Å². The van der Waals surface area contributed by atoms with Gasteiger partial charge in [0.2, 0.25) is 0 Å². The summed E-state index contributed by atoms with van der Waals surface area (Å²) in [4.78, 5) is 10.9. The van der Waals surface area contributed by atoms with Gasteiger partial charge in [0.25, 0.3) is 0 Å². The number of allylic oxidation sites excluding steroid dienone is 2. The van der Waals surface area contributed by atoms with Crippen molar-refractivity contribution in [2.75, 3.05) is 0 Å². The molecule has 1 atom stereocenters. The van der Waals surface area contributed by atoms with Crippen LogP contribution in [0.5, 0.6) is 0 Å². The van der Waals surface area contributed by atoms with Crippen LogP contribution in [0.1, 0.15) is 33.6 Å². The van der Waals surface area contributed by atoms with Crippen LogP contribution in [-0.4, -0.2) is 11.1 Å². The van der Waals surface area contributed by atoms with Crippen molar-refractivity contribution in [2.45, 2.75) is 33.6 Å². The third kappa shape index (κ3) is 1.52. The highest BCUT2D eigenvalue weighted by Crippen LogP contribution is 2.38. The number of carbonyl (C=O) groups is 1. The lowest BCUT2D eigenvalue weighted by Crippen LogP contribution is -2.31. The normalized spacial score (nSPS) is 23.9. The minimum absolute atomic E-state index is 0.287. The predicted molar refractivity (Wildman–Crippen MR) is 47.9 cm³/mol. The largest absolute Gasteiger partial charge is 0.481 e. The highest BCUT2D eigenvalue weighted by atomic mass is 16.4. The lowest BCUT2D eigenvalue weighted by molar-refractivity contribution is -0.149. The van der Waals surface area contributed by atoms with Gasteiger partial charge in [0, 0.05) is 0 Å². The minimum atomic E-state index is -0.685. The molecule has 1 aliphatic carbocycles. The molecule has 0 fully saturated rings. The Hall–Kier alpha value is -0.790. The highest BCUT2D eigenvalue weighted by Gasteiger charge is 2.37. The van der Waals surface area contributed by atoms with Crippen LogP contribution in [0.3, 0.4) is 0 Å². The molecule has 0 bridgehead atoms. The molecular weight excluding hydrogens is 152 g/mol. The Balaban J connectivity index is 2.67. The van der Waals surface area contributed by atoms with Gasteiger partial charge in [-0.05, 0) is 39.5 Å². The lowest BCUT2D eigenvalue weighted by Gasteiger charge is -2.26. The summed E-state index contributed by atoms with van der Waals surface area (Å²) in [6, 6.07) is 0. The van der Waals surface area contributed by atoms with Gasteiger partial charge in [0.1, 0.15) is 0 Å². The minimum Gasteiger partial charge on any atom is -0.481 e. The van der Waals surface area contributed by atoms with Crippen molar-refractivity contribution in [3.05, 3.63) is 11.6 Å². The summed E-state index contributed by atoms with van der Waals surface area (Å²) in [7, 11) is 0. The van der Waals surface area contributed by atoms with Crippen LogP contribution in [0.2, 0.25) is 0 Å². The van der Waals surface area contributed by atoms with E-state index >= 15 is 0 Å². The Morgan fingerprint density at radius 3 is 2.58 bits per heavy atom. The average Bonchev–Trinajstić information content (AvgIpc) is 2.35. The van der Waals surface area contributed by atoms with Crippen molar-refractivity contribution in [1.29, 1.82) is 0 Å². The zero-order chi connectivity index (χ0) is 9.35. The number of carboxylic acids is 1. The van der Waals surface area contributed by atoms with Crippen molar-refractivity contribution in [2.24, 2.45) is 11.3 Å². The number of hydrogen-bond donors (Lipinski definition) is 1. The van der Waals surface area contributed by atoms with E-state index in [1.165, 1.54) is 5.57 Å². The van der Waals surface area contributed by atoms with E-state index in [0.717, 1.165) is 12.8 Å². The van der Waals surface area contributed by atoms with Crippen LogP contribution >= 0.6 is 0 Å². The lowest BCUT2D eigenvalue weighted by atomic mass is 9.77. The zero-order valence-electron chi connectivity index (χ0n) is 7.92. The molecule has 2 heteroatoms. The topological polar surface area (TPSA) is 37.3 Å². The molecule has 1 N–H and O–H groups in total. The van der Waals surface area contributed by atoms with Crippen LogP contribution in [0.15, 0.2) is 11.6 Å². The molecule has 12 heavy (non-hydrogen) atoms. The summed E-state index contributed by atoms with van der Waals surface area (Å²) < 4.78 is 0. The zero-order valence-corrected chi connectivity index (χ0v) is 7.92. The van der Waals surface area contributed by atoms with Crippen LogP contribution in [-0.2, 0) is 4.79 Å². The second kappa shape index (κ2) is 2.92. The van der Waals surface area contributed by atoms with Gasteiger partial charge in [0.15, 0.2) is 0 Å². The fraction of sp³-hybridized carbons (Fsp3) is 0.700. The quantitative estimate of drug-likeness (QED) is 0.643. The summed E-state index contributed by atoms with van der Waals surface area (Å²) >= 11 is 0. The third-order valence-electron chi connectivity index (χ3n) is 2.89. The van der Waals surface area contributed by atoms with Gasteiger partial charge >= 0.3 is 5.97 Å². The van der Waals surface area contributed by atoms with Gasteiger partial charge in [-0.3, -0.25) is 4.79 Å². The van der Waals surface area contributed by atoms with Gasteiger partial charge in [-0.1, -0.05) is 11.6 Å². The van der Waals surface area contributed by atoms with E-state index < -0.39 is 11.4 Å². The van der Waals surface area contributed by atoms with Gasteiger partial charge in [-0.15, -0.1) is 0 Å². The monoisotopic (exact) mass is 168 g/mol. The van der Waals surface area contributed by atoms with Crippen molar-refractivity contribution < 1.29 is 9.90 Å². The number of aliphatic carboxylic acids is 1. The summed E-state index contributed by atoms with van der Waals surface area (Å²) in [6.45, 7) is 5.69. The number of hydrogen-bond acceptors (Lipinski definition) is 1. The predicted octanol–water partition coefficient (Wildman–Crippen LogP) is 2.45. The second-order valence-electron chi connectivity index (χ2n) is 4.21. The first-order chi connectivity index (χ1) is 5.44. The molecule has 1 unspecified atom stereocenters. The van der Waals surface area contributed by atoms with Gasteiger partial charge < -0.3 is 5.11 Å². The molecule has 0 radical (unpaired) electrons. The SMILES string of the molecule is CC1=CCC(C(C)(C)C(=O)O)C1. The maximum Gasteiger partial charge on any atom is 0.309 e. The Bertz CT molecular complexity index is 226. The molecule has 1 rings (SSSR count). The van der Waals surface area contributed by atoms with Crippen LogP contribution < -0.4 is 0 Å². The molecule has 68 valence electrons. The van der Waals surface area contributed by atoms with Crippen molar-refractivity contribution in [1.82, 2.24) is 0 Å². The molecule has 0 aliphatic heterocycles. The van der Waals surface area contributed by atoms with E-state index in [9.17, 15) is 4.79 Å². The van der Waals surface area contributed by atoms with Crippen LogP contribution in [0, 0.1) is 11.3 Å². The smallest absolute Gasteiger partial charge is 0.309 e. The Kier molecular flexibility index (Phi) is 2.27. The van der Waals surface area contributed by atoms with E-state index in [1.807, 2.05) is 13.8 Å². The third-order valence-corrected chi connectivity index (χ3v) is 2.89. The maximum atomic E-state index is 10.9. The molecule has 0 saturated carbocycles. The molecule has 0 aromatic carbocycles. The summed E-state index contributed by atoms with van der Waals surface area (Å²) in [5.74, 6) is -0.398. The number of rotatable bonds is 2. The van der Waals surface area contributed by atoms with E-state index in [2.05, 4.69) is 13.0 Å². The number of carboxylic acid groups (broad SMARTS) is 1. The van der Waals surface area contributed by atoms with E-state index in [-0.39, 0.29) is 5.92 Å². The summed E-state index contributed by atoms with van der Waals surface area (Å²) in [6.07, 6.45) is 4.01. The van der Waals surface area contributed by atoms with Crippen LogP contribution in [0.4, 0.5) is 0 Å². The Labute approximate surface area is 73.3 Å². The first kappa shape index (κ1) is 9.30. The highest BCUT2D eigenvalue weighted by molar-refractivity contribution is 5.74. The molecule has 0 amide bonds. The molecule has 0 saturated heterocycles. The molecular formula is C10H16O2. The first-order valence-corrected chi connectivity index (χ1v) is 4.33. The van der Waals surface area contributed by atoms with Crippen LogP contribution in [0.25, 0.3) is 0 Å². The van der Waals surface area contributed by atoms with Gasteiger partial charge in [-0.2, -0.15) is 0 Å². The fourth-order valence-electron chi connectivity index (χ4n) is 1.62. The van der Waals surface area contributed by atoms with E-state index in [4.69, 9.17) is 5.11 Å². The molecule has 0 aromatic rings. The first-order valence-electron chi connectivity index (χ1n) is 4.33. The maximum absolute atomic E-state index is 10.9. The Morgan fingerprint density at radius 2 is 2.25 bits per heavy atom. The van der Waals surface area contributed by atoms with Gasteiger partial charge in [0.05, 0.1) is 5.41 Å². The molecule has 0 heterocycles.